The quantitative estimate of drug-likeness (QED) is 0.346. The first-order chi connectivity index (χ1) is 13.8. The molecule has 0 aliphatic carbocycles. The van der Waals surface area contributed by atoms with Crippen LogP contribution in [0.2, 0.25) is 0 Å². The summed E-state index contributed by atoms with van der Waals surface area (Å²) in [5.41, 5.74) is 7.24. The topological polar surface area (TPSA) is 12.4 Å². The van der Waals surface area contributed by atoms with Gasteiger partial charge in [-0.15, -0.1) is 0 Å². The largest absolute Gasteiger partial charge is 0.263 e. The summed E-state index contributed by atoms with van der Waals surface area (Å²) in [5, 5.41) is 0. The smallest absolute Gasteiger partial charge is 0.0375 e. The van der Waals surface area contributed by atoms with Gasteiger partial charge in [0.1, 0.15) is 0 Å². The number of hydrogen-bond donors (Lipinski definition) is 0. The van der Waals surface area contributed by atoms with Crippen molar-refractivity contribution in [2.75, 3.05) is 0 Å². The minimum atomic E-state index is 0.507. The minimum Gasteiger partial charge on any atom is -0.263 e. The molecule has 1 heteroatoms. The number of benzene rings is 2. The number of hydrogen-bond acceptors (Lipinski definition) is 1. The highest BCUT2D eigenvalue weighted by molar-refractivity contribution is 5.85. The fraction of sp³-hybridized carbons (Fsp3) is 0.393. The van der Waals surface area contributed by atoms with E-state index < -0.39 is 0 Å². The first kappa shape index (κ1) is 22.9. The summed E-state index contributed by atoms with van der Waals surface area (Å²) in [6.07, 6.45) is 5.32. The van der Waals surface area contributed by atoms with Gasteiger partial charge in [0, 0.05) is 17.8 Å². The van der Waals surface area contributed by atoms with Gasteiger partial charge in [-0.1, -0.05) is 87.2 Å². The Hall–Kier alpha value is -2.41. The Bertz CT molecular complexity index is 826. The van der Waals surface area contributed by atoms with Crippen LogP contribution in [0.3, 0.4) is 0 Å². The Kier molecular flexibility index (Phi) is 9.12. The standard InChI is InChI=1S/C28H37N/c1-21(2)18-28(17-11-13-23(4)27-16-10-12-22(3)19-27)25(6)29-24(5)20-26-14-8-7-9-15-26/h7-10,12,14-16,19,21,28H,4-5,11,13,17-18,20H2,1-3,6H3. The van der Waals surface area contributed by atoms with Crippen molar-refractivity contribution in [3.05, 3.63) is 90.1 Å². The zero-order chi connectivity index (χ0) is 21.2. The average Bonchev–Trinajstić information content (AvgIpc) is 2.67. The molecule has 0 aromatic heterocycles. The number of aliphatic imine (C=N–C) groups is 1. The van der Waals surface area contributed by atoms with Crippen LogP contribution in [0.15, 0.2) is 78.4 Å². The molecule has 0 spiro atoms. The van der Waals surface area contributed by atoms with E-state index in [1.807, 2.05) is 6.07 Å². The van der Waals surface area contributed by atoms with Crippen LogP contribution in [0.5, 0.6) is 0 Å². The van der Waals surface area contributed by atoms with Gasteiger partial charge in [0.2, 0.25) is 0 Å². The van der Waals surface area contributed by atoms with E-state index in [1.54, 1.807) is 0 Å². The van der Waals surface area contributed by atoms with Gasteiger partial charge in [-0.25, -0.2) is 0 Å². The molecular weight excluding hydrogens is 350 g/mol. The van der Waals surface area contributed by atoms with Gasteiger partial charge < -0.3 is 0 Å². The zero-order valence-electron chi connectivity index (χ0n) is 18.7. The fourth-order valence-corrected chi connectivity index (χ4v) is 3.85. The average molecular weight is 388 g/mol. The Morgan fingerprint density at radius 3 is 2.38 bits per heavy atom. The number of nitrogens with zero attached hydrogens (tertiary/aromatic N) is 1. The van der Waals surface area contributed by atoms with E-state index >= 15 is 0 Å². The van der Waals surface area contributed by atoms with E-state index in [0.717, 1.165) is 31.4 Å². The maximum atomic E-state index is 4.89. The fourth-order valence-electron chi connectivity index (χ4n) is 3.85. The van der Waals surface area contributed by atoms with Crippen molar-refractivity contribution >= 4 is 11.3 Å². The van der Waals surface area contributed by atoms with Crippen LogP contribution in [0, 0.1) is 18.8 Å². The van der Waals surface area contributed by atoms with Crippen molar-refractivity contribution < 1.29 is 0 Å². The molecule has 0 saturated heterocycles. The normalized spacial score (nSPS) is 12.8. The molecule has 0 aliphatic rings. The third-order valence-electron chi connectivity index (χ3n) is 5.39. The highest BCUT2D eigenvalue weighted by atomic mass is 14.8. The van der Waals surface area contributed by atoms with Crippen molar-refractivity contribution in [1.82, 2.24) is 0 Å². The first-order valence-electron chi connectivity index (χ1n) is 10.9. The van der Waals surface area contributed by atoms with Gasteiger partial charge in [-0.3, -0.25) is 4.99 Å². The summed E-state index contributed by atoms with van der Waals surface area (Å²) in [4.78, 5) is 4.89. The lowest BCUT2D eigenvalue weighted by Crippen LogP contribution is -2.14. The third kappa shape index (κ3) is 8.23. The van der Waals surface area contributed by atoms with Gasteiger partial charge >= 0.3 is 0 Å². The summed E-state index contributed by atoms with van der Waals surface area (Å²) in [6.45, 7) is 17.4. The van der Waals surface area contributed by atoms with Crippen molar-refractivity contribution in [2.45, 2.75) is 59.8 Å². The summed E-state index contributed by atoms with van der Waals surface area (Å²) in [7, 11) is 0. The first-order valence-corrected chi connectivity index (χ1v) is 10.9. The van der Waals surface area contributed by atoms with Crippen LogP contribution in [0.4, 0.5) is 0 Å². The molecule has 29 heavy (non-hydrogen) atoms. The molecule has 0 radical (unpaired) electrons. The molecule has 1 unspecified atom stereocenters. The van der Waals surface area contributed by atoms with Gasteiger partial charge in [0.05, 0.1) is 0 Å². The summed E-state index contributed by atoms with van der Waals surface area (Å²) >= 11 is 0. The molecule has 0 saturated carbocycles. The molecule has 2 aromatic carbocycles. The Morgan fingerprint density at radius 1 is 1.00 bits per heavy atom. The molecule has 0 amide bonds. The Balaban J connectivity index is 1.95. The van der Waals surface area contributed by atoms with E-state index in [4.69, 9.17) is 4.99 Å². The SMILES string of the molecule is C=C(Cc1ccccc1)N=C(C)C(CCCC(=C)c1cccc(C)c1)CC(C)C. The van der Waals surface area contributed by atoms with Gasteiger partial charge in [0.25, 0.3) is 0 Å². The molecule has 1 atom stereocenters. The second-order valence-corrected chi connectivity index (χ2v) is 8.67. The number of allylic oxidation sites excluding steroid dienone is 2. The van der Waals surface area contributed by atoms with Gasteiger partial charge in [0.15, 0.2) is 0 Å². The Morgan fingerprint density at radius 2 is 1.72 bits per heavy atom. The van der Waals surface area contributed by atoms with Crippen LogP contribution in [-0.2, 0) is 6.42 Å². The molecule has 2 rings (SSSR count). The summed E-state index contributed by atoms with van der Waals surface area (Å²) in [6, 6.07) is 19.1. The minimum absolute atomic E-state index is 0.507. The molecule has 2 aromatic rings. The molecule has 0 bridgehead atoms. The number of aryl methyl sites for hydroxylation is 1. The number of rotatable bonds is 11. The van der Waals surface area contributed by atoms with Crippen LogP contribution in [-0.4, -0.2) is 5.71 Å². The molecule has 154 valence electrons. The van der Waals surface area contributed by atoms with E-state index in [9.17, 15) is 0 Å². The predicted molar refractivity (Wildman–Crippen MR) is 129 cm³/mol. The third-order valence-corrected chi connectivity index (χ3v) is 5.39. The highest BCUT2D eigenvalue weighted by Crippen LogP contribution is 2.25. The van der Waals surface area contributed by atoms with Crippen LogP contribution < -0.4 is 0 Å². The molecule has 1 nitrogen and oxygen atoms in total. The highest BCUT2D eigenvalue weighted by Gasteiger charge is 2.15. The van der Waals surface area contributed by atoms with E-state index in [0.29, 0.717) is 11.8 Å². The van der Waals surface area contributed by atoms with Gasteiger partial charge in [-0.2, -0.15) is 0 Å². The molecule has 0 N–H and O–H groups in total. The van der Waals surface area contributed by atoms with Crippen molar-refractivity contribution in [3.63, 3.8) is 0 Å². The van der Waals surface area contributed by atoms with Gasteiger partial charge in [-0.05, 0) is 68.1 Å². The maximum absolute atomic E-state index is 4.89. The lowest BCUT2D eigenvalue weighted by Gasteiger charge is -2.20. The lowest BCUT2D eigenvalue weighted by atomic mass is 9.87. The zero-order valence-corrected chi connectivity index (χ0v) is 18.7. The summed E-state index contributed by atoms with van der Waals surface area (Å²) < 4.78 is 0. The van der Waals surface area contributed by atoms with E-state index in [-0.39, 0.29) is 0 Å². The molecule has 0 aliphatic heterocycles. The van der Waals surface area contributed by atoms with Crippen molar-refractivity contribution in [1.29, 1.82) is 0 Å². The van der Waals surface area contributed by atoms with Crippen LogP contribution in [0.1, 0.15) is 63.1 Å². The van der Waals surface area contributed by atoms with Crippen molar-refractivity contribution in [2.24, 2.45) is 16.8 Å². The molecular formula is C28H37N. The maximum Gasteiger partial charge on any atom is 0.0375 e. The second kappa shape index (κ2) is 11.6. The second-order valence-electron chi connectivity index (χ2n) is 8.67. The van der Waals surface area contributed by atoms with Crippen molar-refractivity contribution in [3.8, 4) is 0 Å². The van der Waals surface area contributed by atoms with Crippen LogP contribution in [0.25, 0.3) is 5.57 Å². The lowest BCUT2D eigenvalue weighted by molar-refractivity contribution is 0.463. The predicted octanol–water partition coefficient (Wildman–Crippen LogP) is 8.06. The summed E-state index contributed by atoms with van der Waals surface area (Å²) in [5.74, 6) is 1.17. The molecule has 0 heterocycles. The monoisotopic (exact) mass is 387 g/mol. The van der Waals surface area contributed by atoms with Crippen LogP contribution >= 0.6 is 0 Å². The van der Waals surface area contributed by atoms with E-state index in [1.165, 1.54) is 34.4 Å². The molecule has 0 fully saturated rings. The van der Waals surface area contributed by atoms with E-state index in [2.05, 4.69) is 89.4 Å². The Labute approximate surface area is 178 Å².